The number of likely N-dealkylation sites (tertiary alicyclic amines) is 1. The summed E-state index contributed by atoms with van der Waals surface area (Å²) in [7, 11) is 0. The Labute approximate surface area is 107 Å². The second kappa shape index (κ2) is 5.10. The van der Waals surface area contributed by atoms with E-state index in [2.05, 4.69) is 23.9 Å². The van der Waals surface area contributed by atoms with Crippen molar-refractivity contribution in [3.05, 3.63) is 17.5 Å². The number of carbonyl (C=O) groups is 1. The van der Waals surface area contributed by atoms with Gasteiger partial charge >= 0.3 is 5.97 Å². The number of hydrogen-bond donors (Lipinski definition) is 1. The minimum absolute atomic E-state index is 0.179. The number of aromatic nitrogens is 1. The lowest BCUT2D eigenvalue weighted by Gasteiger charge is -2.38. The van der Waals surface area contributed by atoms with Gasteiger partial charge in [0.15, 0.2) is 5.76 Å². The van der Waals surface area contributed by atoms with E-state index in [1.165, 1.54) is 12.6 Å². The Balaban J connectivity index is 1.96. The topological polar surface area (TPSA) is 66.6 Å². The molecule has 0 bridgehead atoms. The molecule has 100 valence electrons. The average Bonchev–Trinajstić information content (AvgIpc) is 2.81. The molecular weight excluding hydrogens is 232 g/mol. The third kappa shape index (κ3) is 2.72. The fourth-order valence-electron chi connectivity index (χ4n) is 2.36. The molecule has 2 heterocycles. The van der Waals surface area contributed by atoms with Crippen molar-refractivity contribution >= 4 is 5.97 Å². The first kappa shape index (κ1) is 13.1. The zero-order chi connectivity index (χ0) is 13.2. The molecule has 5 heteroatoms. The standard InChI is InChI=1S/C13H20N2O3/c1-3-13(2)4-6-15(7-5-13)9-11-10(12(16)17)8-14-18-11/h8H,3-7,9H2,1-2H3,(H,16,17). The van der Waals surface area contributed by atoms with Crippen LogP contribution in [0.4, 0.5) is 0 Å². The molecule has 0 aliphatic carbocycles. The maximum atomic E-state index is 11.0. The molecule has 0 atom stereocenters. The molecule has 1 fully saturated rings. The maximum Gasteiger partial charge on any atom is 0.341 e. The molecule has 2 rings (SSSR count). The molecule has 0 radical (unpaired) electrons. The predicted molar refractivity (Wildman–Crippen MR) is 66.4 cm³/mol. The molecule has 0 unspecified atom stereocenters. The molecule has 0 amide bonds. The summed E-state index contributed by atoms with van der Waals surface area (Å²) in [5, 5.41) is 12.6. The first-order chi connectivity index (χ1) is 8.54. The van der Waals surface area contributed by atoms with Crippen LogP contribution in [0.15, 0.2) is 10.7 Å². The SMILES string of the molecule is CCC1(C)CCN(Cc2oncc2C(=O)O)CC1. The van der Waals surface area contributed by atoms with Crippen molar-refractivity contribution in [1.82, 2.24) is 10.1 Å². The number of aromatic carboxylic acids is 1. The first-order valence-corrected chi connectivity index (χ1v) is 6.43. The van der Waals surface area contributed by atoms with Gasteiger partial charge in [-0.2, -0.15) is 0 Å². The number of rotatable bonds is 4. The lowest BCUT2D eigenvalue weighted by molar-refractivity contribution is 0.0686. The number of carboxylic acid groups (broad SMARTS) is 1. The second-order valence-electron chi connectivity index (χ2n) is 5.41. The summed E-state index contributed by atoms with van der Waals surface area (Å²) >= 11 is 0. The van der Waals surface area contributed by atoms with Gasteiger partial charge in [-0.3, -0.25) is 4.90 Å². The van der Waals surface area contributed by atoms with E-state index in [0.29, 0.717) is 17.7 Å². The van der Waals surface area contributed by atoms with E-state index in [4.69, 9.17) is 9.63 Å². The summed E-state index contributed by atoms with van der Waals surface area (Å²) in [6, 6.07) is 0. The van der Waals surface area contributed by atoms with Crippen LogP contribution < -0.4 is 0 Å². The van der Waals surface area contributed by atoms with Crippen LogP contribution in [-0.2, 0) is 6.54 Å². The molecule has 5 nitrogen and oxygen atoms in total. The third-order valence-electron chi connectivity index (χ3n) is 4.16. The monoisotopic (exact) mass is 252 g/mol. The maximum absolute atomic E-state index is 11.0. The predicted octanol–water partition coefficient (Wildman–Crippen LogP) is 2.38. The smallest absolute Gasteiger partial charge is 0.341 e. The summed E-state index contributed by atoms with van der Waals surface area (Å²) < 4.78 is 5.03. The quantitative estimate of drug-likeness (QED) is 0.891. The molecule has 1 aliphatic rings. The van der Waals surface area contributed by atoms with Crippen molar-refractivity contribution < 1.29 is 14.4 Å². The Bertz CT molecular complexity index is 420. The highest BCUT2D eigenvalue weighted by Gasteiger charge is 2.29. The van der Waals surface area contributed by atoms with Crippen molar-refractivity contribution in [2.75, 3.05) is 13.1 Å². The normalized spacial score (nSPS) is 19.9. The first-order valence-electron chi connectivity index (χ1n) is 6.43. The molecule has 0 aromatic carbocycles. The summed E-state index contributed by atoms with van der Waals surface area (Å²) in [5.41, 5.74) is 0.618. The largest absolute Gasteiger partial charge is 0.478 e. The van der Waals surface area contributed by atoms with Crippen molar-refractivity contribution in [2.24, 2.45) is 5.41 Å². The lowest BCUT2D eigenvalue weighted by Crippen LogP contribution is -2.38. The molecule has 1 N–H and O–H groups in total. The molecule has 18 heavy (non-hydrogen) atoms. The fraction of sp³-hybridized carbons (Fsp3) is 0.692. The van der Waals surface area contributed by atoms with Crippen LogP contribution >= 0.6 is 0 Å². The van der Waals surface area contributed by atoms with Gasteiger partial charge in [0.1, 0.15) is 5.56 Å². The summed E-state index contributed by atoms with van der Waals surface area (Å²) in [6.07, 6.45) is 4.78. The number of nitrogens with zero attached hydrogens (tertiary/aromatic N) is 2. The third-order valence-corrected chi connectivity index (χ3v) is 4.16. The highest BCUT2D eigenvalue weighted by molar-refractivity contribution is 5.88. The van der Waals surface area contributed by atoms with Crippen molar-refractivity contribution in [3.8, 4) is 0 Å². The Morgan fingerprint density at radius 3 is 2.78 bits per heavy atom. The molecule has 1 saturated heterocycles. The molecular formula is C13H20N2O3. The van der Waals surface area contributed by atoms with Crippen LogP contribution in [-0.4, -0.2) is 34.2 Å². The van der Waals surface area contributed by atoms with Crippen LogP contribution in [0.5, 0.6) is 0 Å². The van der Waals surface area contributed by atoms with Gasteiger partial charge in [0.25, 0.3) is 0 Å². The van der Waals surface area contributed by atoms with Gasteiger partial charge in [0, 0.05) is 0 Å². The van der Waals surface area contributed by atoms with Crippen molar-refractivity contribution in [2.45, 2.75) is 39.7 Å². The van der Waals surface area contributed by atoms with Crippen LogP contribution in [0.1, 0.15) is 49.2 Å². The van der Waals surface area contributed by atoms with E-state index in [1.54, 1.807) is 0 Å². The molecule has 1 aromatic heterocycles. The van der Waals surface area contributed by atoms with Crippen LogP contribution in [0.3, 0.4) is 0 Å². The Morgan fingerprint density at radius 1 is 1.56 bits per heavy atom. The fourth-order valence-corrected chi connectivity index (χ4v) is 2.36. The van der Waals surface area contributed by atoms with Gasteiger partial charge in [-0.25, -0.2) is 4.79 Å². The average molecular weight is 252 g/mol. The Hall–Kier alpha value is -1.36. The summed E-state index contributed by atoms with van der Waals surface area (Å²) in [5.74, 6) is -0.510. The van der Waals surface area contributed by atoms with E-state index in [0.717, 1.165) is 25.9 Å². The van der Waals surface area contributed by atoms with E-state index in [9.17, 15) is 4.79 Å². The Morgan fingerprint density at radius 2 is 2.22 bits per heavy atom. The highest BCUT2D eigenvalue weighted by atomic mass is 16.5. The number of piperidine rings is 1. The molecule has 0 saturated carbocycles. The molecule has 1 aliphatic heterocycles. The van der Waals surface area contributed by atoms with Crippen LogP contribution in [0.2, 0.25) is 0 Å². The Kier molecular flexibility index (Phi) is 3.71. The van der Waals surface area contributed by atoms with Gasteiger partial charge in [0.05, 0.1) is 12.7 Å². The van der Waals surface area contributed by atoms with E-state index in [-0.39, 0.29) is 5.56 Å². The summed E-state index contributed by atoms with van der Waals surface area (Å²) in [6.45, 7) is 7.08. The minimum Gasteiger partial charge on any atom is -0.478 e. The second-order valence-corrected chi connectivity index (χ2v) is 5.41. The van der Waals surface area contributed by atoms with E-state index < -0.39 is 5.97 Å². The van der Waals surface area contributed by atoms with Crippen LogP contribution in [0, 0.1) is 5.41 Å². The number of hydrogen-bond acceptors (Lipinski definition) is 4. The van der Waals surface area contributed by atoms with Gasteiger partial charge in [-0.05, 0) is 31.3 Å². The summed E-state index contributed by atoms with van der Waals surface area (Å²) in [4.78, 5) is 13.2. The molecule has 0 spiro atoms. The lowest BCUT2D eigenvalue weighted by atomic mass is 9.78. The van der Waals surface area contributed by atoms with E-state index >= 15 is 0 Å². The molecule has 1 aromatic rings. The van der Waals surface area contributed by atoms with Crippen molar-refractivity contribution in [1.29, 1.82) is 0 Å². The number of carboxylic acids is 1. The van der Waals surface area contributed by atoms with E-state index in [1.807, 2.05) is 0 Å². The van der Waals surface area contributed by atoms with Gasteiger partial charge in [0.2, 0.25) is 0 Å². The van der Waals surface area contributed by atoms with Gasteiger partial charge in [-0.15, -0.1) is 0 Å². The van der Waals surface area contributed by atoms with Gasteiger partial charge < -0.3 is 9.63 Å². The minimum atomic E-state index is -0.971. The zero-order valence-corrected chi connectivity index (χ0v) is 11.0. The zero-order valence-electron chi connectivity index (χ0n) is 11.0. The van der Waals surface area contributed by atoms with Crippen LogP contribution in [0.25, 0.3) is 0 Å². The van der Waals surface area contributed by atoms with Crippen molar-refractivity contribution in [3.63, 3.8) is 0 Å². The highest BCUT2D eigenvalue weighted by Crippen LogP contribution is 2.34. The van der Waals surface area contributed by atoms with Gasteiger partial charge in [-0.1, -0.05) is 25.4 Å².